The van der Waals surface area contributed by atoms with Gasteiger partial charge in [0.2, 0.25) is 0 Å². The number of aromatic hydroxyl groups is 1. The van der Waals surface area contributed by atoms with Crippen molar-refractivity contribution in [1.29, 1.82) is 0 Å². The topological polar surface area (TPSA) is 94.8 Å². The number of halogens is 2. The molecule has 2 N–H and O–H groups in total. The highest BCUT2D eigenvalue weighted by Gasteiger charge is 2.47. The minimum absolute atomic E-state index is 0.0351. The van der Waals surface area contributed by atoms with E-state index in [9.17, 15) is 14.6 Å². The summed E-state index contributed by atoms with van der Waals surface area (Å²) in [6.45, 7) is 7.52. The average Bonchev–Trinajstić information content (AvgIpc) is 3.65. The number of aryl methyl sites for hydroxylation is 1. The van der Waals surface area contributed by atoms with E-state index in [2.05, 4.69) is 21.8 Å². The number of hydrogen-bond acceptors (Lipinski definition) is 8. The van der Waals surface area contributed by atoms with Crippen LogP contribution in [0.2, 0.25) is 0 Å². The number of rotatable bonds is 6. The lowest BCUT2D eigenvalue weighted by Gasteiger charge is -2.31. The minimum atomic E-state index is -0.700. The standard InChI is InChI=1S/C32H35F2N5O3/c1-3-22-25(33)6-5-19-11-21(41)12-23(26(19)22)28-27(34)29-24(14-35-28)30(38-10-7-20(40)16-38)37-31(36-29)42-17-32-8-4-9-39(32)15-18(2)13-32/h5-6,11-12,14,18,20,40-41H,3-4,7-10,13,15-17H2,1-2H3/t18-,20-,32+/m1/s1. The van der Waals surface area contributed by atoms with Gasteiger partial charge in [-0.15, -0.1) is 0 Å². The van der Waals surface area contributed by atoms with Crippen molar-refractivity contribution in [1.82, 2.24) is 19.9 Å². The predicted octanol–water partition coefficient (Wildman–Crippen LogP) is 5.22. The number of benzene rings is 2. The number of fused-ring (bicyclic) bond motifs is 3. The smallest absolute Gasteiger partial charge is 0.319 e. The lowest BCUT2D eigenvalue weighted by atomic mass is 9.92. The van der Waals surface area contributed by atoms with E-state index >= 15 is 4.39 Å². The van der Waals surface area contributed by atoms with E-state index in [1.807, 2.05) is 11.8 Å². The van der Waals surface area contributed by atoms with Gasteiger partial charge in [-0.05, 0) is 79.1 Å². The van der Waals surface area contributed by atoms with Gasteiger partial charge in [0, 0.05) is 31.4 Å². The van der Waals surface area contributed by atoms with Crippen LogP contribution in [0.3, 0.4) is 0 Å². The summed E-state index contributed by atoms with van der Waals surface area (Å²) >= 11 is 0. The third-order valence-corrected chi connectivity index (χ3v) is 9.34. The molecule has 0 aliphatic carbocycles. The fourth-order valence-corrected chi connectivity index (χ4v) is 7.50. The van der Waals surface area contributed by atoms with Gasteiger partial charge in [0.05, 0.1) is 17.0 Å². The zero-order chi connectivity index (χ0) is 29.2. The SMILES string of the molecule is CCc1c(F)ccc2cc(O)cc(-c3ncc4c(N5CC[C@@H](O)C5)nc(OC[C@@]56CCCN5C[C@H](C)C6)nc4c3F)c12. The second-order valence-electron chi connectivity index (χ2n) is 12.2. The van der Waals surface area contributed by atoms with Gasteiger partial charge in [0.15, 0.2) is 5.82 Å². The first-order valence-corrected chi connectivity index (χ1v) is 14.9. The van der Waals surface area contributed by atoms with E-state index in [0.717, 1.165) is 32.4 Å². The van der Waals surface area contributed by atoms with Crippen LogP contribution in [0.1, 0.15) is 45.1 Å². The van der Waals surface area contributed by atoms with Crippen molar-refractivity contribution in [2.45, 2.75) is 57.6 Å². The molecule has 3 aliphatic heterocycles. The molecule has 7 rings (SSSR count). The molecule has 0 radical (unpaired) electrons. The number of phenolic OH excluding ortho intramolecular Hbond substituents is 1. The average molecular weight is 576 g/mol. The maximum absolute atomic E-state index is 16.6. The maximum Gasteiger partial charge on any atom is 0.319 e. The molecule has 2 aromatic heterocycles. The third kappa shape index (κ3) is 4.43. The number of β-amino-alcohol motifs (C(OH)–C–C–N with tert-alkyl or cyclic N) is 1. The van der Waals surface area contributed by atoms with E-state index in [4.69, 9.17) is 9.72 Å². The highest BCUT2D eigenvalue weighted by Crippen LogP contribution is 2.42. The monoisotopic (exact) mass is 575 g/mol. The van der Waals surface area contributed by atoms with Crippen molar-refractivity contribution in [2.75, 3.05) is 37.7 Å². The van der Waals surface area contributed by atoms with Crippen LogP contribution in [-0.4, -0.2) is 74.5 Å². The highest BCUT2D eigenvalue weighted by atomic mass is 19.1. The molecule has 0 bridgehead atoms. The third-order valence-electron chi connectivity index (χ3n) is 9.34. The molecule has 220 valence electrons. The Hall–Kier alpha value is -3.63. The number of phenols is 1. The van der Waals surface area contributed by atoms with Crippen molar-refractivity contribution >= 4 is 27.5 Å². The van der Waals surface area contributed by atoms with Crippen LogP contribution in [0.25, 0.3) is 32.9 Å². The van der Waals surface area contributed by atoms with Crippen LogP contribution in [0, 0.1) is 17.6 Å². The Morgan fingerprint density at radius 1 is 1.14 bits per heavy atom. The number of aromatic nitrogens is 3. The molecule has 5 heterocycles. The lowest BCUT2D eigenvalue weighted by molar-refractivity contribution is 0.107. The quantitative estimate of drug-likeness (QED) is 0.324. The van der Waals surface area contributed by atoms with Crippen LogP contribution in [0.4, 0.5) is 14.6 Å². The Morgan fingerprint density at radius 3 is 2.79 bits per heavy atom. The van der Waals surface area contributed by atoms with Gasteiger partial charge in [-0.1, -0.05) is 19.9 Å². The number of hydrogen-bond donors (Lipinski definition) is 2. The Bertz CT molecular complexity index is 1700. The summed E-state index contributed by atoms with van der Waals surface area (Å²) in [5.41, 5.74) is 0.651. The summed E-state index contributed by atoms with van der Waals surface area (Å²) in [5.74, 6) is -0.126. The van der Waals surface area contributed by atoms with E-state index in [1.54, 1.807) is 6.07 Å². The summed E-state index contributed by atoms with van der Waals surface area (Å²) < 4.78 is 37.8. The van der Waals surface area contributed by atoms with E-state index < -0.39 is 17.7 Å². The first-order valence-electron chi connectivity index (χ1n) is 14.9. The molecule has 2 aromatic carbocycles. The van der Waals surface area contributed by atoms with Gasteiger partial charge in [0.1, 0.15) is 35.2 Å². The first-order chi connectivity index (χ1) is 20.3. The van der Waals surface area contributed by atoms with E-state index in [-0.39, 0.29) is 28.5 Å². The summed E-state index contributed by atoms with van der Waals surface area (Å²) in [7, 11) is 0. The van der Waals surface area contributed by atoms with Gasteiger partial charge in [-0.25, -0.2) is 8.78 Å². The molecule has 0 unspecified atom stereocenters. The Morgan fingerprint density at radius 2 is 2.00 bits per heavy atom. The number of aliphatic hydroxyl groups is 1. The van der Waals surface area contributed by atoms with Crippen LogP contribution in [0.15, 0.2) is 30.5 Å². The molecule has 0 spiro atoms. The summed E-state index contributed by atoms with van der Waals surface area (Å²) in [5, 5.41) is 22.3. The Kier molecular flexibility index (Phi) is 6.66. The zero-order valence-electron chi connectivity index (χ0n) is 23.9. The summed E-state index contributed by atoms with van der Waals surface area (Å²) in [6.07, 6.45) is 5.17. The number of nitrogens with zero attached hydrogens (tertiary/aromatic N) is 5. The van der Waals surface area contributed by atoms with Gasteiger partial charge in [-0.3, -0.25) is 9.88 Å². The normalized spacial score (nSPS) is 24.3. The molecule has 0 amide bonds. The molecular formula is C32H35F2N5O3. The first kappa shape index (κ1) is 27.2. The van der Waals surface area contributed by atoms with Crippen molar-refractivity contribution in [3.63, 3.8) is 0 Å². The van der Waals surface area contributed by atoms with Crippen molar-refractivity contribution < 1.29 is 23.7 Å². The molecule has 3 fully saturated rings. The number of anilines is 1. The molecule has 3 aliphatic rings. The maximum atomic E-state index is 16.6. The summed E-state index contributed by atoms with van der Waals surface area (Å²) in [4.78, 5) is 18.2. The second-order valence-corrected chi connectivity index (χ2v) is 12.2. The van der Waals surface area contributed by atoms with Gasteiger partial charge in [-0.2, -0.15) is 9.97 Å². The number of aliphatic hydroxyl groups excluding tert-OH is 1. The van der Waals surface area contributed by atoms with Gasteiger partial charge < -0.3 is 19.8 Å². The largest absolute Gasteiger partial charge is 0.508 e. The molecule has 8 nitrogen and oxygen atoms in total. The predicted molar refractivity (Wildman–Crippen MR) is 157 cm³/mol. The van der Waals surface area contributed by atoms with Crippen LogP contribution >= 0.6 is 0 Å². The lowest BCUT2D eigenvalue weighted by Crippen LogP contribution is -2.43. The van der Waals surface area contributed by atoms with Crippen molar-refractivity contribution in [3.05, 3.63) is 47.7 Å². The molecule has 4 aromatic rings. The van der Waals surface area contributed by atoms with E-state index in [1.165, 1.54) is 24.4 Å². The fourth-order valence-electron chi connectivity index (χ4n) is 7.50. The van der Waals surface area contributed by atoms with Crippen molar-refractivity contribution in [3.8, 4) is 23.0 Å². The van der Waals surface area contributed by atoms with Gasteiger partial charge in [0.25, 0.3) is 0 Å². The minimum Gasteiger partial charge on any atom is -0.508 e. The Balaban J connectivity index is 1.37. The fraction of sp³-hybridized carbons (Fsp3) is 0.469. The molecular weight excluding hydrogens is 540 g/mol. The van der Waals surface area contributed by atoms with E-state index in [0.29, 0.717) is 71.6 Å². The van der Waals surface area contributed by atoms with Crippen LogP contribution in [0.5, 0.6) is 11.8 Å². The highest BCUT2D eigenvalue weighted by molar-refractivity contribution is 6.01. The number of ether oxygens (including phenoxy) is 1. The Labute approximate surface area is 243 Å². The van der Waals surface area contributed by atoms with Gasteiger partial charge >= 0.3 is 6.01 Å². The molecule has 3 saturated heterocycles. The number of pyridine rings is 1. The van der Waals surface area contributed by atoms with Crippen LogP contribution < -0.4 is 9.64 Å². The van der Waals surface area contributed by atoms with Crippen molar-refractivity contribution in [2.24, 2.45) is 5.92 Å². The second kappa shape index (κ2) is 10.3. The molecule has 42 heavy (non-hydrogen) atoms. The molecule has 0 saturated carbocycles. The summed E-state index contributed by atoms with van der Waals surface area (Å²) in [6, 6.07) is 5.97. The molecule has 3 atom stereocenters. The zero-order valence-corrected chi connectivity index (χ0v) is 23.9. The molecule has 10 heteroatoms. The van der Waals surface area contributed by atoms with Crippen LogP contribution in [-0.2, 0) is 6.42 Å².